The molecule has 1 heterocycles. The van der Waals surface area contributed by atoms with Crippen LogP contribution >= 0.6 is 24.0 Å². The number of benzene rings is 2. The lowest BCUT2D eigenvalue weighted by Gasteiger charge is -2.26. The van der Waals surface area contributed by atoms with Gasteiger partial charge in [-0.25, -0.2) is 4.98 Å². The molecule has 1 atom stereocenters. The molecule has 0 saturated heterocycles. The van der Waals surface area contributed by atoms with Gasteiger partial charge in [0.1, 0.15) is 11.6 Å². The number of hydrogen-bond acceptors (Lipinski definition) is 4. The number of halogens is 1. The van der Waals surface area contributed by atoms with Gasteiger partial charge in [-0.15, -0.1) is 24.0 Å². The summed E-state index contributed by atoms with van der Waals surface area (Å²) >= 11 is 0. The quantitative estimate of drug-likeness (QED) is 0.184. The van der Waals surface area contributed by atoms with Crippen molar-refractivity contribution in [1.29, 1.82) is 0 Å². The van der Waals surface area contributed by atoms with Crippen molar-refractivity contribution >= 4 is 41.0 Å². The molecule has 7 nitrogen and oxygen atoms in total. The van der Waals surface area contributed by atoms with Crippen LogP contribution in [-0.2, 0) is 6.54 Å². The van der Waals surface area contributed by atoms with Crippen molar-refractivity contribution in [2.75, 3.05) is 41.3 Å². The van der Waals surface area contributed by atoms with Crippen LogP contribution in [0.2, 0.25) is 0 Å². The Labute approximate surface area is 208 Å². The van der Waals surface area contributed by atoms with Gasteiger partial charge in [-0.2, -0.15) is 0 Å². The van der Waals surface area contributed by atoms with Gasteiger partial charge >= 0.3 is 0 Å². The number of ether oxygens (including phenoxy) is 1. The molecule has 2 N–H and O–H groups in total. The van der Waals surface area contributed by atoms with Crippen molar-refractivity contribution in [1.82, 2.24) is 25.1 Å². The molecule has 0 spiro atoms. The largest absolute Gasteiger partial charge is 0.497 e. The first kappa shape index (κ1) is 25.9. The average Bonchev–Trinajstić information content (AvgIpc) is 3.10. The summed E-state index contributed by atoms with van der Waals surface area (Å²) in [5.41, 5.74) is 3.45. The highest BCUT2D eigenvalue weighted by molar-refractivity contribution is 14.0. The SMILES string of the molecule is CN=C(NCCCn1c(C)nc2ccccc21)NCC(c1cccc(OC)c1)N(C)C.I. The summed E-state index contributed by atoms with van der Waals surface area (Å²) in [6, 6.07) is 16.7. The van der Waals surface area contributed by atoms with E-state index in [0.717, 1.165) is 49.1 Å². The Kier molecular flexibility index (Phi) is 10.2. The maximum atomic E-state index is 5.38. The molecule has 0 aliphatic carbocycles. The summed E-state index contributed by atoms with van der Waals surface area (Å²) in [6.07, 6.45) is 0.981. The van der Waals surface area contributed by atoms with E-state index >= 15 is 0 Å². The number of nitrogens with zero attached hydrogens (tertiary/aromatic N) is 4. The van der Waals surface area contributed by atoms with Gasteiger partial charge in [0.25, 0.3) is 0 Å². The molecule has 0 saturated carbocycles. The van der Waals surface area contributed by atoms with Crippen molar-refractivity contribution in [3.63, 3.8) is 0 Å². The van der Waals surface area contributed by atoms with Gasteiger partial charge in [-0.1, -0.05) is 24.3 Å². The van der Waals surface area contributed by atoms with Crippen molar-refractivity contribution in [3.05, 3.63) is 59.9 Å². The van der Waals surface area contributed by atoms with Crippen LogP contribution in [0.4, 0.5) is 0 Å². The number of rotatable bonds is 9. The Morgan fingerprint density at radius 2 is 1.94 bits per heavy atom. The lowest BCUT2D eigenvalue weighted by molar-refractivity contribution is 0.297. The van der Waals surface area contributed by atoms with Gasteiger partial charge in [-0.3, -0.25) is 4.99 Å². The zero-order chi connectivity index (χ0) is 22.2. The number of nitrogens with one attached hydrogen (secondary N) is 2. The molecule has 32 heavy (non-hydrogen) atoms. The molecule has 0 bridgehead atoms. The Hall–Kier alpha value is -2.33. The van der Waals surface area contributed by atoms with Crippen LogP contribution in [0, 0.1) is 6.92 Å². The molecule has 1 aromatic heterocycles. The number of guanidine groups is 1. The van der Waals surface area contributed by atoms with Gasteiger partial charge in [0, 0.05) is 26.7 Å². The average molecular weight is 550 g/mol. The number of fused-ring (bicyclic) bond motifs is 1. The minimum Gasteiger partial charge on any atom is -0.497 e. The van der Waals surface area contributed by atoms with Crippen LogP contribution < -0.4 is 15.4 Å². The Bertz CT molecular complexity index is 1020. The van der Waals surface area contributed by atoms with Gasteiger partial charge in [0.15, 0.2) is 5.96 Å². The van der Waals surface area contributed by atoms with E-state index in [1.807, 2.05) is 18.2 Å². The van der Waals surface area contributed by atoms with Crippen molar-refractivity contribution in [3.8, 4) is 5.75 Å². The van der Waals surface area contributed by atoms with E-state index in [2.05, 4.69) is 81.4 Å². The summed E-state index contributed by atoms with van der Waals surface area (Å²) in [6.45, 7) is 4.55. The van der Waals surface area contributed by atoms with Crippen molar-refractivity contribution in [2.45, 2.75) is 25.9 Å². The molecule has 1 unspecified atom stereocenters. The number of likely N-dealkylation sites (N-methyl/N-ethyl adjacent to an activating group) is 1. The number of para-hydroxylation sites is 2. The third-order valence-corrected chi connectivity index (χ3v) is 5.48. The molecule has 0 aliphatic heterocycles. The summed E-state index contributed by atoms with van der Waals surface area (Å²) in [7, 11) is 7.67. The molecule has 0 radical (unpaired) electrons. The minimum absolute atomic E-state index is 0. The zero-order valence-electron chi connectivity index (χ0n) is 19.6. The van der Waals surface area contributed by atoms with E-state index in [0.29, 0.717) is 0 Å². The van der Waals surface area contributed by atoms with Crippen molar-refractivity contribution in [2.24, 2.45) is 4.99 Å². The number of aryl methyl sites for hydroxylation is 2. The van der Waals surface area contributed by atoms with Crippen LogP contribution in [0.5, 0.6) is 5.75 Å². The minimum atomic E-state index is 0. The predicted octanol–water partition coefficient (Wildman–Crippen LogP) is 3.83. The monoisotopic (exact) mass is 550 g/mol. The summed E-state index contributed by atoms with van der Waals surface area (Å²) in [5, 5.41) is 6.89. The molecular weight excluding hydrogens is 515 g/mol. The molecule has 2 aromatic carbocycles. The lowest BCUT2D eigenvalue weighted by Crippen LogP contribution is -2.42. The summed E-state index contributed by atoms with van der Waals surface area (Å²) in [5.74, 6) is 2.73. The maximum Gasteiger partial charge on any atom is 0.191 e. The van der Waals surface area contributed by atoms with E-state index in [9.17, 15) is 0 Å². The zero-order valence-corrected chi connectivity index (χ0v) is 22.0. The maximum absolute atomic E-state index is 5.38. The highest BCUT2D eigenvalue weighted by Gasteiger charge is 2.15. The smallest absolute Gasteiger partial charge is 0.191 e. The second kappa shape index (κ2) is 12.6. The number of hydrogen-bond donors (Lipinski definition) is 2. The lowest BCUT2D eigenvalue weighted by atomic mass is 10.1. The molecule has 3 rings (SSSR count). The molecule has 0 fully saturated rings. The topological polar surface area (TPSA) is 66.7 Å². The van der Waals surface area contributed by atoms with E-state index < -0.39 is 0 Å². The predicted molar refractivity (Wildman–Crippen MR) is 143 cm³/mol. The summed E-state index contributed by atoms with van der Waals surface area (Å²) < 4.78 is 7.66. The third-order valence-electron chi connectivity index (χ3n) is 5.48. The summed E-state index contributed by atoms with van der Waals surface area (Å²) in [4.78, 5) is 11.2. The number of aliphatic imine (C=N–C) groups is 1. The van der Waals surface area contributed by atoms with Gasteiger partial charge in [0.2, 0.25) is 0 Å². The highest BCUT2D eigenvalue weighted by atomic mass is 127. The highest BCUT2D eigenvalue weighted by Crippen LogP contribution is 2.22. The molecule has 0 amide bonds. The van der Waals surface area contributed by atoms with E-state index in [1.165, 1.54) is 11.1 Å². The molecular formula is C24H35IN6O. The fraction of sp³-hybridized carbons (Fsp3) is 0.417. The normalized spacial score (nSPS) is 12.5. The fourth-order valence-corrected chi connectivity index (χ4v) is 3.78. The molecule has 0 aliphatic rings. The Morgan fingerprint density at radius 3 is 2.66 bits per heavy atom. The molecule has 8 heteroatoms. The van der Waals surface area contributed by atoms with Crippen molar-refractivity contribution < 1.29 is 4.74 Å². The standard InChI is InChI=1S/C24H34N6O.HI/c1-18-28-21-12-6-7-13-22(21)30(18)15-9-14-26-24(25-2)27-17-23(29(3)4)19-10-8-11-20(16-19)31-5;/h6-8,10-13,16,23H,9,14-15,17H2,1-5H3,(H2,25,26,27);1H. The van der Waals surface area contributed by atoms with Crippen LogP contribution in [0.3, 0.4) is 0 Å². The van der Waals surface area contributed by atoms with Crippen LogP contribution in [0.1, 0.15) is 23.9 Å². The van der Waals surface area contributed by atoms with Gasteiger partial charge < -0.3 is 24.8 Å². The van der Waals surface area contributed by atoms with Crippen LogP contribution in [0.15, 0.2) is 53.5 Å². The number of aromatic nitrogens is 2. The van der Waals surface area contributed by atoms with Gasteiger partial charge in [-0.05, 0) is 57.3 Å². The van der Waals surface area contributed by atoms with E-state index in [4.69, 9.17) is 4.74 Å². The second-order valence-electron chi connectivity index (χ2n) is 7.79. The second-order valence-corrected chi connectivity index (χ2v) is 7.79. The number of imidazole rings is 1. The Balaban J connectivity index is 0.00000363. The first-order chi connectivity index (χ1) is 15.0. The fourth-order valence-electron chi connectivity index (χ4n) is 3.78. The molecule has 3 aromatic rings. The first-order valence-corrected chi connectivity index (χ1v) is 10.7. The van der Waals surface area contributed by atoms with Crippen LogP contribution in [0.25, 0.3) is 11.0 Å². The Morgan fingerprint density at radius 1 is 1.16 bits per heavy atom. The third kappa shape index (κ3) is 6.59. The van der Waals surface area contributed by atoms with Gasteiger partial charge in [0.05, 0.1) is 24.2 Å². The number of methoxy groups -OCH3 is 1. The first-order valence-electron chi connectivity index (χ1n) is 10.7. The van der Waals surface area contributed by atoms with E-state index in [-0.39, 0.29) is 30.0 Å². The van der Waals surface area contributed by atoms with E-state index in [1.54, 1.807) is 14.2 Å². The molecule has 174 valence electrons. The van der Waals surface area contributed by atoms with Crippen LogP contribution in [-0.4, -0.2) is 61.8 Å².